The highest BCUT2D eigenvalue weighted by Gasteiger charge is 2.14. The van der Waals surface area contributed by atoms with Crippen molar-refractivity contribution in [1.29, 1.82) is 0 Å². The third-order valence-corrected chi connectivity index (χ3v) is 3.48. The highest BCUT2D eigenvalue weighted by atomic mass is 16.6. The molecule has 0 aliphatic carbocycles. The van der Waals surface area contributed by atoms with E-state index in [4.69, 9.17) is 4.42 Å². The van der Waals surface area contributed by atoms with Crippen LogP contribution in [-0.4, -0.2) is 25.8 Å². The first kappa shape index (κ1) is 16.9. The maximum atomic E-state index is 12.0. The summed E-state index contributed by atoms with van der Waals surface area (Å²) in [4.78, 5) is 40.1. The molecule has 1 aromatic carbocycles. The number of non-ortho nitro benzene ring substituents is 1. The van der Waals surface area contributed by atoms with Gasteiger partial charge in [-0.15, -0.1) is 0 Å². The summed E-state index contributed by atoms with van der Waals surface area (Å²) in [5.74, 6) is -0.194. The van der Waals surface area contributed by atoms with E-state index in [0.29, 0.717) is 5.76 Å². The number of nitrogens with zero attached hydrogens (tertiary/aromatic N) is 3. The van der Waals surface area contributed by atoms with Crippen molar-refractivity contribution in [3.05, 3.63) is 84.9 Å². The van der Waals surface area contributed by atoms with Gasteiger partial charge in [-0.1, -0.05) is 6.07 Å². The summed E-state index contributed by atoms with van der Waals surface area (Å²) in [6.45, 7) is -0.0912. The number of aromatic nitrogens is 2. The number of aromatic hydroxyl groups is 1. The first-order valence-electron chi connectivity index (χ1n) is 7.32. The molecule has 10 nitrogen and oxygen atoms in total. The molecule has 2 N–H and O–H groups in total. The zero-order valence-corrected chi connectivity index (χ0v) is 13.2. The van der Waals surface area contributed by atoms with Gasteiger partial charge in [-0.05, 0) is 18.2 Å². The van der Waals surface area contributed by atoms with Gasteiger partial charge < -0.3 is 9.52 Å². The van der Waals surface area contributed by atoms with Crippen LogP contribution in [0.3, 0.4) is 0 Å². The van der Waals surface area contributed by atoms with Crippen LogP contribution in [0.5, 0.6) is 5.88 Å². The Morgan fingerprint density at radius 3 is 2.81 bits per heavy atom. The van der Waals surface area contributed by atoms with Crippen LogP contribution < -0.4 is 11.2 Å². The highest BCUT2D eigenvalue weighted by Crippen LogP contribution is 2.20. The van der Waals surface area contributed by atoms with Crippen molar-refractivity contribution in [2.75, 3.05) is 0 Å². The SMILES string of the molecule is O=c1[nH]c(=O)n(Cc2ccco2)c(O)c1C=Nc1cccc([N+](=O)[O-])c1. The summed E-state index contributed by atoms with van der Waals surface area (Å²) in [6.07, 6.45) is 2.44. The molecule has 0 fully saturated rings. The number of aliphatic imine (C=N–C) groups is 1. The van der Waals surface area contributed by atoms with Gasteiger partial charge >= 0.3 is 5.69 Å². The molecule has 0 saturated heterocycles. The fourth-order valence-corrected chi connectivity index (χ4v) is 2.22. The Bertz CT molecular complexity index is 1090. The second kappa shape index (κ2) is 6.89. The molecule has 26 heavy (non-hydrogen) atoms. The molecule has 0 atom stereocenters. The molecule has 0 radical (unpaired) electrons. The summed E-state index contributed by atoms with van der Waals surface area (Å²) >= 11 is 0. The van der Waals surface area contributed by atoms with Gasteiger partial charge in [-0.25, -0.2) is 4.79 Å². The van der Waals surface area contributed by atoms with Crippen molar-refractivity contribution < 1.29 is 14.4 Å². The molecule has 0 saturated carbocycles. The Labute approximate surface area is 144 Å². The van der Waals surface area contributed by atoms with Crippen LogP contribution in [0.1, 0.15) is 11.3 Å². The van der Waals surface area contributed by atoms with Gasteiger partial charge in [-0.2, -0.15) is 0 Å². The van der Waals surface area contributed by atoms with Gasteiger partial charge in [0, 0.05) is 18.3 Å². The molecule has 0 bridgehead atoms. The fraction of sp³-hybridized carbons (Fsp3) is 0.0625. The van der Waals surface area contributed by atoms with Gasteiger partial charge in [0.05, 0.1) is 23.4 Å². The quantitative estimate of drug-likeness (QED) is 0.403. The number of nitrogens with one attached hydrogen (secondary N) is 1. The van der Waals surface area contributed by atoms with Gasteiger partial charge in [0.25, 0.3) is 11.2 Å². The Morgan fingerprint density at radius 2 is 2.12 bits per heavy atom. The first-order chi connectivity index (χ1) is 12.5. The Balaban J connectivity index is 2.00. The second-order valence-corrected chi connectivity index (χ2v) is 5.20. The number of nitro groups is 1. The van der Waals surface area contributed by atoms with Gasteiger partial charge in [-0.3, -0.25) is 29.5 Å². The van der Waals surface area contributed by atoms with E-state index < -0.39 is 22.1 Å². The van der Waals surface area contributed by atoms with Crippen molar-refractivity contribution >= 4 is 17.6 Å². The monoisotopic (exact) mass is 356 g/mol. The molecule has 3 aromatic rings. The van der Waals surface area contributed by atoms with Crippen LogP contribution in [0.15, 0.2) is 61.7 Å². The molecule has 0 unspecified atom stereocenters. The highest BCUT2D eigenvalue weighted by molar-refractivity contribution is 5.84. The molecular formula is C16H12N4O6. The number of benzene rings is 1. The van der Waals surface area contributed by atoms with Crippen molar-refractivity contribution in [2.24, 2.45) is 4.99 Å². The van der Waals surface area contributed by atoms with Gasteiger partial charge in [0.15, 0.2) is 0 Å². The molecule has 132 valence electrons. The van der Waals surface area contributed by atoms with E-state index in [1.54, 1.807) is 12.1 Å². The lowest BCUT2D eigenvalue weighted by Crippen LogP contribution is -2.32. The lowest BCUT2D eigenvalue weighted by atomic mass is 10.3. The van der Waals surface area contributed by atoms with Crippen LogP contribution in [0.2, 0.25) is 0 Å². The van der Waals surface area contributed by atoms with E-state index in [1.165, 1.54) is 30.5 Å². The number of hydrogen-bond donors (Lipinski definition) is 2. The average Bonchev–Trinajstić information content (AvgIpc) is 3.12. The number of nitro benzene ring substituents is 1. The van der Waals surface area contributed by atoms with Crippen LogP contribution in [-0.2, 0) is 6.54 Å². The summed E-state index contributed by atoms with van der Waals surface area (Å²) < 4.78 is 6.03. The smallest absolute Gasteiger partial charge is 0.331 e. The molecular weight excluding hydrogens is 344 g/mol. The largest absolute Gasteiger partial charge is 0.494 e. The third-order valence-electron chi connectivity index (χ3n) is 3.48. The first-order valence-corrected chi connectivity index (χ1v) is 7.32. The maximum absolute atomic E-state index is 12.0. The molecule has 0 aliphatic heterocycles. The summed E-state index contributed by atoms with van der Waals surface area (Å²) in [5.41, 5.74) is -1.86. The molecule has 0 spiro atoms. The minimum absolute atomic E-state index is 0.0912. The van der Waals surface area contributed by atoms with Crippen molar-refractivity contribution in [1.82, 2.24) is 9.55 Å². The number of rotatable bonds is 5. The Kier molecular flexibility index (Phi) is 4.48. The molecule has 2 aromatic heterocycles. The van der Waals surface area contributed by atoms with Crippen LogP contribution in [0.4, 0.5) is 11.4 Å². The normalized spacial score (nSPS) is 11.1. The predicted molar refractivity (Wildman–Crippen MR) is 91.1 cm³/mol. The van der Waals surface area contributed by atoms with Crippen LogP contribution in [0.25, 0.3) is 0 Å². The molecule has 2 heterocycles. The number of furan rings is 1. The van der Waals surface area contributed by atoms with E-state index in [9.17, 15) is 24.8 Å². The third kappa shape index (κ3) is 3.43. The zero-order valence-electron chi connectivity index (χ0n) is 13.2. The summed E-state index contributed by atoms with van der Waals surface area (Å²) in [5, 5.41) is 21.1. The molecule has 3 rings (SSSR count). The van der Waals surface area contributed by atoms with Gasteiger partial charge in [0.2, 0.25) is 5.88 Å². The minimum Gasteiger partial charge on any atom is -0.494 e. The summed E-state index contributed by atoms with van der Waals surface area (Å²) in [7, 11) is 0. The summed E-state index contributed by atoms with van der Waals surface area (Å²) in [6, 6.07) is 8.66. The number of H-pyrrole nitrogens is 1. The van der Waals surface area contributed by atoms with Gasteiger partial charge in [0.1, 0.15) is 11.3 Å². The topological polar surface area (TPSA) is 144 Å². The van der Waals surface area contributed by atoms with E-state index >= 15 is 0 Å². The molecule has 0 amide bonds. The Morgan fingerprint density at radius 1 is 1.31 bits per heavy atom. The van der Waals surface area contributed by atoms with E-state index in [-0.39, 0.29) is 23.5 Å². The predicted octanol–water partition coefficient (Wildman–Crippen LogP) is 1.54. The number of hydrogen-bond acceptors (Lipinski definition) is 7. The lowest BCUT2D eigenvalue weighted by Gasteiger charge is -2.07. The second-order valence-electron chi connectivity index (χ2n) is 5.20. The maximum Gasteiger partial charge on any atom is 0.331 e. The molecule has 0 aliphatic rings. The van der Waals surface area contributed by atoms with Crippen LogP contribution >= 0.6 is 0 Å². The molecule has 10 heteroatoms. The van der Waals surface area contributed by atoms with E-state index in [1.807, 2.05) is 0 Å². The van der Waals surface area contributed by atoms with Crippen molar-refractivity contribution in [3.8, 4) is 5.88 Å². The minimum atomic E-state index is -0.836. The van der Waals surface area contributed by atoms with E-state index in [2.05, 4.69) is 9.98 Å². The standard InChI is InChI=1S/C16H12N4O6/c21-14-13(8-17-10-3-1-4-11(7-10)20(24)25)15(22)19(16(23)18-14)9-12-5-2-6-26-12/h1-8,22H,9H2,(H,18,21,23). The fourth-order valence-electron chi connectivity index (χ4n) is 2.22. The van der Waals surface area contributed by atoms with Crippen LogP contribution in [0, 0.1) is 10.1 Å². The zero-order chi connectivity index (χ0) is 18.7. The Hall–Kier alpha value is -3.95. The van der Waals surface area contributed by atoms with E-state index in [0.717, 1.165) is 10.8 Å². The average molecular weight is 356 g/mol. The number of aromatic amines is 1. The lowest BCUT2D eigenvalue weighted by molar-refractivity contribution is -0.384. The van der Waals surface area contributed by atoms with Crippen molar-refractivity contribution in [2.45, 2.75) is 6.54 Å². The van der Waals surface area contributed by atoms with Crippen molar-refractivity contribution in [3.63, 3.8) is 0 Å².